The first-order valence-corrected chi connectivity index (χ1v) is 11.6. The molecule has 0 unspecified atom stereocenters. The number of hydrogen-bond donors (Lipinski definition) is 0. The van der Waals surface area contributed by atoms with E-state index in [1.54, 1.807) is 24.3 Å². The number of rotatable bonds is 7. The van der Waals surface area contributed by atoms with Crippen molar-refractivity contribution in [2.75, 3.05) is 19.1 Å². The maximum absolute atomic E-state index is 13.2. The number of imide groups is 1. The molecule has 1 aliphatic rings. The number of hydrogen-bond acceptors (Lipinski definition) is 8. The highest BCUT2D eigenvalue weighted by Crippen LogP contribution is 2.35. The van der Waals surface area contributed by atoms with Crippen molar-refractivity contribution < 1.29 is 27.3 Å². The third kappa shape index (κ3) is 4.34. The van der Waals surface area contributed by atoms with Gasteiger partial charge in [0.2, 0.25) is 33.6 Å². The summed E-state index contributed by atoms with van der Waals surface area (Å²) in [6, 6.07) is 10.9. The molecule has 1 saturated heterocycles. The fourth-order valence-corrected chi connectivity index (χ4v) is 4.74. The van der Waals surface area contributed by atoms with Gasteiger partial charge in [-0.15, -0.1) is 0 Å². The Balaban J connectivity index is 1.61. The second-order valence-electron chi connectivity index (χ2n) is 7.21. The monoisotopic (exact) mass is 490 g/mol. The average molecular weight is 491 g/mol. The Hall–Kier alpha value is -3.28. The van der Waals surface area contributed by atoms with Gasteiger partial charge in [-0.25, -0.2) is 13.3 Å². The Kier molecular flexibility index (Phi) is 6.19. The molecule has 0 saturated carbocycles. The van der Waals surface area contributed by atoms with Gasteiger partial charge in [-0.3, -0.25) is 9.59 Å². The second-order valence-corrected chi connectivity index (χ2v) is 9.66. The Morgan fingerprint density at radius 2 is 1.85 bits per heavy atom. The van der Waals surface area contributed by atoms with Crippen LogP contribution in [0, 0.1) is 0 Å². The van der Waals surface area contributed by atoms with Crippen molar-refractivity contribution in [1.82, 2.24) is 14.4 Å². The number of carbonyl (C=O) groups is 2. The smallest absolute Gasteiger partial charge is 0.243 e. The molecule has 3 aromatic rings. The summed E-state index contributed by atoms with van der Waals surface area (Å²) in [6.45, 7) is -0.206. The SMILES string of the molecule is COc1ccc(S(=O)(=O)N(C)Cc2nc(-c3ccccc3Cl)no2)cc1N1C(=O)CCC1=O. The summed E-state index contributed by atoms with van der Waals surface area (Å²) < 4.78 is 37.8. The van der Waals surface area contributed by atoms with Crippen LogP contribution >= 0.6 is 11.6 Å². The Bertz CT molecular complexity index is 1320. The normalized spacial score (nSPS) is 14.4. The molecule has 0 N–H and O–H groups in total. The van der Waals surface area contributed by atoms with Crippen molar-refractivity contribution in [3.8, 4) is 17.1 Å². The lowest BCUT2D eigenvalue weighted by atomic mass is 10.2. The number of halogens is 1. The minimum Gasteiger partial charge on any atom is -0.495 e. The third-order valence-corrected chi connectivity index (χ3v) is 7.22. The minimum absolute atomic E-state index is 0.0593. The van der Waals surface area contributed by atoms with E-state index in [9.17, 15) is 18.0 Å². The van der Waals surface area contributed by atoms with Crippen molar-refractivity contribution >= 4 is 39.1 Å². The molecule has 10 nitrogen and oxygen atoms in total. The van der Waals surface area contributed by atoms with Crippen molar-refractivity contribution in [2.24, 2.45) is 0 Å². The third-order valence-electron chi connectivity index (χ3n) is 5.09. The number of aromatic nitrogens is 2. The topological polar surface area (TPSA) is 123 Å². The van der Waals surface area contributed by atoms with E-state index in [4.69, 9.17) is 20.9 Å². The second kappa shape index (κ2) is 8.93. The molecule has 1 aliphatic heterocycles. The molecule has 1 aromatic heterocycles. The first kappa shape index (κ1) is 22.9. The standard InChI is InChI=1S/C21H19ClN4O6S/c1-25(12-18-23-21(24-32-18)14-5-3-4-6-15(14)22)33(29,30)13-7-8-17(31-2)16(11-13)26-19(27)9-10-20(26)28/h3-8,11H,9-10,12H2,1-2H3. The van der Waals surface area contributed by atoms with Crippen molar-refractivity contribution in [1.29, 1.82) is 0 Å². The number of carbonyl (C=O) groups excluding carboxylic acids is 2. The molecule has 2 amide bonds. The van der Waals surface area contributed by atoms with E-state index in [-0.39, 0.29) is 47.4 Å². The van der Waals surface area contributed by atoms with E-state index in [0.717, 1.165) is 9.21 Å². The van der Waals surface area contributed by atoms with Crippen molar-refractivity contribution in [3.63, 3.8) is 0 Å². The zero-order valence-corrected chi connectivity index (χ0v) is 19.3. The molecule has 0 atom stereocenters. The highest BCUT2D eigenvalue weighted by molar-refractivity contribution is 7.89. The van der Waals surface area contributed by atoms with Crippen LogP contribution in [0.1, 0.15) is 18.7 Å². The van der Waals surface area contributed by atoms with Crippen LogP contribution in [-0.4, -0.2) is 48.8 Å². The van der Waals surface area contributed by atoms with Crippen LogP contribution in [-0.2, 0) is 26.2 Å². The minimum atomic E-state index is -4.04. The summed E-state index contributed by atoms with van der Waals surface area (Å²) in [4.78, 5) is 29.4. The van der Waals surface area contributed by atoms with Crippen molar-refractivity contribution in [3.05, 3.63) is 53.4 Å². The predicted molar refractivity (Wildman–Crippen MR) is 118 cm³/mol. The van der Waals surface area contributed by atoms with Gasteiger partial charge >= 0.3 is 0 Å². The number of anilines is 1. The fourth-order valence-electron chi connectivity index (χ4n) is 3.38. The molecule has 0 bridgehead atoms. The Labute approximate surface area is 194 Å². The van der Waals surface area contributed by atoms with E-state index in [0.29, 0.717) is 10.6 Å². The molecule has 0 spiro atoms. The lowest BCUT2D eigenvalue weighted by molar-refractivity contribution is -0.121. The largest absolute Gasteiger partial charge is 0.495 e. The van der Waals surface area contributed by atoms with Gasteiger partial charge in [-0.2, -0.15) is 9.29 Å². The number of benzene rings is 2. The van der Waals surface area contributed by atoms with Crippen LogP contribution in [0.15, 0.2) is 51.9 Å². The van der Waals surface area contributed by atoms with E-state index in [1.807, 2.05) is 0 Å². The molecule has 2 aromatic carbocycles. The van der Waals surface area contributed by atoms with Crippen LogP contribution in [0.2, 0.25) is 5.02 Å². The Morgan fingerprint density at radius 1 is 1.15 bits per heavy atom. The number of amides is 2. The highest BCUT2D eigenvalue weighted by atomic mass is 35.5. The van der Waals surface area contributed by atoms with E-state index < -0.39 is 21.8 Å². The molecule has 33 heavy (non-hydrogen) atoms. The van der Waals surface area contributed by atoms with Gasteiger partial charge in [0.05, 0.1) is 29.3 Å². The molecule has 12 heteroatoms. The molecule has 0 radical (unpaired) electrons. The molecule has 172 valence electrons. The lowest BCUT2D eigenvalue weighted by Gasteiger charge is -2.20. The summed E-state index contributed by atoms with van der Waals surface area (Å²) >= 11 is 6.15. The summed E-state index contributed by atoms with van der Waals surface area (Å²) in [5, 5.41) is 4.30. The Morgan fingerprint density at radius 3 is 2.52 bits per heavy atom. The summed E-state index contributed by atoms with van der Waals surface area (Å²) in [6.07, 6.45) is 0.119. The van der Waals surface area contributed by atoms with E-state index in [2.05, 4.69) is 10.1 Å². The van der Waals surface area contributed by atoms with Gasteiger partial charge < -0.3 is 9.26 Å². The maximum atomic E-state index is 13.2. The first-order valence-electron chi connectivity index (χ1n) is 9.80. The number of nitrogens with zero attached hydrogens (tertiary/aromatic N) is 4. The molecule has 1 fully saturated rings. The summed E-state index contributed by atoms with van der Waals surface area (Å²) in [7, 11) is -1.31. The van der Waals surface area contributed by atoms with Crippen LogP contribution < -0.4 is 9.64 Å². The van der Waals surface area contributed by atoms with Crippen LogP contribution in [0.25, 0.3) is 11.4 Å². The van der Waals surface area contributed by atoms with Crippen LogP contribution in [0.3, 0.4) is 0 Å². The molecular formula is C21H19ClN4O6S. The van der Waals surface area contributed by atoms with Crippen LogP contribution in [0.4, 0.5) is 5.69 Å². The lowest BCUT2D eigenvalue weighted by Crippen LogP contribution is -2.30. The van der Waals surface area contributed by atoms with Gasteiger partial charge in [-0.1, -0.05) is 28.9 Å². The van der Waals surface area contributed by atoms with E-state index >= 15 is 0 Å². The highest BCUT2D eigenvalue weighted by Gasteiger charge is 2.34. The zero-order valence-electron chi connectivity index (χ0n) is 17.7. The predicted octanol–water partition coefficient (Wildman–Crippen LogP) is 2.87. The van der Waals surface area contributed by atoms with E-state index in [1.165, 1.54) is 32.4 Å². The van der Waals surface area contributed by atoms with Crippen molar-refractivity contribution in [2.45, 2.75) is 24.3 Å². The molecular weight excluding hydrogens is 472 g/mol. The number of ether oxygens (including phenoxy) is 1. The van der Waals surface area contributed by atoms with Crippen LogP contribution in [0.5, 0.6) is 5.75 Å². The van der Waals surface area contributed by atoms with Gasteiger partial charge in [0.15, 0.2) is 0 Å². The molecule has 0 aliphatic carbocycles. The quantitative estimate of drug-likeness (QED) is 0.463. The maximum Gasteiger partial charge on any atom is 0.243 e. The average Bonchev–Trinajstić information content (AvgIpc) is 3.39. The molecule has 4 rings (SSSR count). The number of methoxy groups -OCH3 is 1. The summed E-state index contributed by atoms with van der Waals surface area (Å²) in [5.74, 6) is -0.325. The molecule has 2 heterocycles. The fraction of sp³-hybridized carbons (Fsp3) is 0.238. The summed E-state index contributed by atoms with van der Waals surface area (Å²) in [5.41, 5.74) is 0.637. The van der Waals surface area contributed by atoms with Gasteiger partial charge in [0.25, 0.3) is 0 Å². The van der Waals surface area contributed by atoms with Gasteiger partial charge in [-0.05, 0) is 30.3 Å². The first-order chi connectivity index (χ1) is 15.7. The zero-order chi connectivity index (χ0) is 23.8. The van der Waals surface area contributed by atoms with Gasteiger partial charge in [0.1, 0.15) is 5.75 Å². The van der Waals surface area contributed by atoms with Gasteiger partial charge in [0, 0.05) is 25.5 Å². The number of sulfonamides is 1.